The minimum atomic E-state index is -0.332. The van der Waals surface area contributed by atoms with E-state index >= 15 is 0 Å². The van der Waals surface area contributed by atoms with Crippen LogP contribution in [0.5, 0.6) is 11.5 Å². The minimum Gasteiger partial charge on any atom is -0.493 e. The lowest BCUT2D eigenvalue weighted by atomic mass is 9.89. The van der Waals surface area contributed by atoms with Gasteiger partial charge in [0.05, 0.1) is 19.6 Å². The zero-order valence-corrected chi connectivity index (χ0v) is 19.9. The van der Waals surface area contributed by atoms with Crippen LogP contribution in [0.25, 0.3) is 11.0 Å². The Bertz CT molecular complexity index is 1230. The van der Waals surface area contributed by atoms with Gasteiger partial charge in [-0.1, -0.05) is 0 Å². The molecular weight excluding hydrogens is 437 g/mol. The van der Waals surface area contributed by atoms with Crippen LogP contribution in [0.1, 0.15) is 40.9 Å². The number of methoxy groups -OCH3 is 2. The summed E-state index contributed by atoms with van der Waals surface area (Å²) < 4.78 is 29.7. The van der Waals surface area contributed by atoms with Gasteiger partial charge in [0.15, 0.2) is 22.7 Å². The van der Waals surface area contributed by atoms with Gasteiger partial charge in [-0.05, 0) is 82.6 Å². The molecule has 0 unspecified atom stereocenters. The molecule has 1 aromatic heterocycles. The highest BCUT2D eigenvalue weighted by atomic mass is 19.1. The molecular formula is C27H30FNO5. The number of likely N-dealkylation sites (tertiary alicyclic amines) is 1. The Kier molecular flexibility index (Phi) is 7.32. The fourth-order valence-electron chi connectivity index (χ4n) is 4.71. The molecule has 3 aromatic rings. The molecule has 180 valence electrons. The van der Waals surface area contributed by atoms with Crippen molar-refractivity contribution < 1.29 is 23.1 Å². The van der Waals surface area contributed by atoms with Crippen LogP contribution in [-0.2, 0) is 6.42 Å². The number of aryl methyl sites for hydroxylation is 1. The van der Waals surface area contributed by atoms with Gasteiger partial charge in [-0.2, -0.15) is 0 Å². The first-order chi connectivity index (χ1) is 16.4. The van der Waals surface area contributed by atoms with Crippen molar-refractivity contribution >= 4 is 16.8 Å². The predicted octanol–water partition coefficient (Wildman–Crippen LogP) is 4.79. The number of rotatable bonds is 8. The average molecular weight is 468 g/mol. The van der Waals surface area contributed by atoms with Crippen molar-refractivity contribution in [3.63, 3.8) is 0 Å². The number of Topliss-reactive ketones (excluding diaryl/α,β-unsaturated/α-hetero) is 1. The Hall–Kier alpha value is -3.19. The van der Waals surface area contributed by atoms with Gasteiger partial charge in [0.2, 0.25) is 0 Å². The maximum absolute atomic E-state index is 13.1. The standard InChI is InChI=1S/C27H30FNO5/c1-17-21(27(31)22-15-24(32-2)25(33-3)16-23(22)34-17)5-4-12-29-13-10-19(11-14-29)26(30)18-6-8-20(28)9-7-18/h6-9,15-16,19H,4-5,10-14H2,1-3H3. The van der Waals surface area contributed by atoms with E-state index in [0.29, 0.717) is 45.8 Å². The molecule has 0 radical (unpaired) electrons. The maximum atomic E-state index is 13.1. The second-order valence-electron chi connectivity index (χ2n) is 8.76. The van der Waals surface area contributed by atoms with Gasteiger partial charge in [0.25, 0.3) is 0 Å². The molecule has 0 bridgehead atoms. The van der Waals surface area contributed by atoms with Crippen LogP contribution in [0, 0.1) is 18.7 Å². The van der Waals surface area contributed by atoms with Crippen molar-refractivity contribution in [1.29, 1.82) is 0 Å². The smallest absolute Gasteiger partial charge is 0.196 e. The van der Waals surface area contributed by atoms with E-state index in [4.69, 9.17) is 13.9 Å². The van der Waals surface area contributed by atoms with Gasteiger partial charge < -0.3 is 18.8 Å². The van der Waals surface area contributed by atoms with E-state index in [9.17, 15) is 14.0 Å². The van der Waals surface area contributed by atoms with Crippen LogP contribution in [-0.4, -0.2) is 44.5 Å². The third-order valence-electron chi connectivity index (χ3n) is 6.68. The highest BCUT2D eigenvalue weighted by Gasteiger charge is 2.25. The normalized spacial score (nSPS) is 14.9. The number of piperidine rings is 1. The molecule has 0 amide bonds. The van der Waals surface area contributed by atoms with Crippen molar-refractivity contribution in [2.24, 2.45) is 5.92 Å². The molecule has 0 spiro atoms. The van der Waals surface area contributed by atoms with E-state index in [1.807, 2.05) is 6.92 Å². The summed E-state index contributed by atoms with van der Waals surface area (Å²) >= 11 is 0. The third kappa shape index (κ3) is 4.99. The lowest BCUT2D eigenvalue weighted by molar-refractivity contribution is 0.0839. The van der Waals surface area contributed by atoms with E-state index < -0.39 is 0 Å². The first-order valence-electron chi connectivity index (χ1n) is 11.6. The van der Waals surface area contributed by atoms with E-state index in [1.165, 1.54) is 19.2 Å². The molecule has 4 rings (SSSR count). The molecule has 0 aliphatic carbocycles. The van der Waals surface area contributed by atoms with Gasteiger partial charge in [-0.3, -0.25) is 9.59 Å². The summed E-state index contributed by atoms with van der Waals surface area (Å²) in [6.07, 6.45) is 3.01. The monoisotopic (exact) mass is 467 g/mol. The Morgan fingerprint density at radius 3 is 2.38 bits per heavy atom. The Balaban J connectivity index is 1.35. The maximum Gasteiger partial charge on any atom is 0.196 e. The lowest BCUT2D eigenvalue weighted by Crippen LogP contribution is -2.37. The van der Waals surface area contributed by atoms with Gasteiger partial charge in [0.1, 0.15) is 17.2 Å². The third-order valence-corrected chi connectivity index (χ3v) is 6.68. The molecule has 0 atom stereocenters. The molecule has 6 nitrogen and oxygen atoms in total. The van der Waals surface area contributed by atoms with E-state index in [2.05, 4.69) is 4.90 Å². The minimum absolute atomic E-state index is 0.0246. The quantitative estimate of drug-likeness (QED) is 0.444. The van der Waals surface area contributed by atoms with Crippen LogP contribution in [0.3, 0.4) is 0 Å². The molecule has 34 heavy (non-hydrogen) atoms. The average Bonchev–Trinajstić information content (AvgIpc) is 2.85. The molecule has 0 saturated carbocycles. The summed E-state index contributed by atoms with van der Waals surface area (Å²) in [4.78, 5) is 28.2. The Labute approximate surface area is 198 Å². The Morgan fingerprint density at radius 1 is 1.09 bits per heavy atom. The summed E-state index contributed by atoms with van der Waals surface area (Å²) in [5, 5.41) is 0.485. The van der Waals surface area contributed by atoms with Crippen LogP contribution >= 0.6 is 0 Å². The Morgan fingerprint density at radius 2 is 1.74 bits per heavy atom. The van der Waals surface area contributed by atoms with Gasteiger partial charge in [0, 0.05) is 23.1 Å². The predicted molar refractivity (Wildman–Crippen MR) is 129 cm³/mol. The summed E-state index contributed by atoms with van der Waals surface area (Å²) in [6, 6.07) is 9.15. The number of carbonyl (C=O) groups excluding carboxylic acids is 1. The SMILES string of the molecule is COc1cc2oc(C)c(CCCN3CCC(C(=O)c4ccc(F)cc4)CC3)c(=O)c2cc1OC. The fourth-order valence-corrected chi connectivity index (χ4v) is 4.71. The molecule has 2 heterocycles. The number of ether oxygens (including phenoxy) is 2. The second kappa shape index (κ2) is 10.4. The summed E-state index contributed by atoms with van der Waals surface area (Å²) in [6.45, 7) is 4.33. The van der Waals surface area contributed by atoms with Crippen LogP contribution in [0.2, 0.25) is 0 Å². The summed E-state index contributed by atoms with van der Waals surface area (Å²) in [5.74, 6) is 1.37. The first-order valence-corrected chi connectivity index (χ1v) is 11.6. The summed E-state index contributed by atoms with van der Waals surface area (Å²) in [7, 11) is 3.08. The number of nitrogens with zero attached hydrogens (tertiary/aromatic N) is 1. The van der Waals surface area contributed by atoms with Crippen molar-refractivity contribution in [2.45, 2.75) is 32.6 Å². The largest absolute Gasteiger partial charge is 0.493 e. The van der Waals surface area contributed by atoms with Gasteiger partial charge >= 0.3 is 0 Å². The molecule has 1 aliphatic heterocycles. The molecule has 1 saturated heterocycles. The number of ketones is 1. The molecule has 7 heteroatoms. The number of hydrogen-bond donors (Lipinski definition) is 0. The van der Waals surface area contributed by atoms with Gasteiger partial charge in [-0.15, -0.1) is 0 Å². The molecule has 1 aliphatic rings. The molecule has 0 N–H and O–H groups in total. The zero-order chi connectivity index (χ0) is 24.2. The molecule has 2 aromatic carbocycles. The highest BCUT2D eigenvalue weighted by molar-refractivity contribution is 5.97. The second-order valence-corrected chi connectivity index (χ2v) is 8.76. The topological polar surface area (TPSA) is 69.0 Å². The van der Waals surface area contributed by atoms with Crippen LogP contribution in [0.15, 0.2) is 45.6 Å². The number of carbonyl (C=O) groups is 1. The van der Waals surface area contributed by atoms with Crippen molar-refractivity contribution in [3.05, 3.63) is 69.3 Å². The first kappa shape index (κ1) is 24.0. The number of benzene rings is 2. The van der Waals surface area contributed by atoms with E-state index in [0.717, 1.165) is 38.9 Å². The highest BCUT2D eigenvalue weighted by Crippen LogP contribution is 2.32. The van der Waals surface area contributed by atoms with Crippen LogP contribution < -0.4 is 14.9 Å². The van der Waals surface area contributed by atoms with Crippen molar-refractivity contribution in [2.75, 3.05) is 33.9 Å². The van der Waals surface area contributed by atoms with Crippen molar-refractivity contribution in [1.82, 2.24) is 4.90 Å². The van der Waals surface area contributed by atoms with Crippen molar-refractivity contribution in [3.8, 4) is 11.5 Å². The van der Waals surface area contributed by atoms with Crippen LogP contribution in [0.4, 0.5) is 4.39 Å². The number of fused-ring (bicyclic) bond motifs is 1. The lowest BCUT2D eigenvalue weighted by Gasteiger charge is -2.31. The number of hydrogen-bond acceptors (Lipinski definition) is 6. The zero-order valence-electron chi connectivity index (χ0n) is 19.9. The van der Waals surface area contributed by atoms with E-state index in [1.54, 1.807) is 31.4 Å². The fraction of sp³-hybridized carbons (Fsp3) is 0.407. The number of halogens is 1. The molecule has 1 fully saturated rings. The summed E-state index contributed by atoms with van der Waals surface area (Å²) in [5.41, 5.74) is 1.70. The van der Waals surface area contributed by atoms with Gasteiger partial charge in [-0.25, -0.2) is 4.39 Å². The van der Waals surface area contributed by atoms with E-state index in [-0.39, 0.29) is 22.9 Å².